The van der Waals surface area contributed by atoms with Gasteiger partial charge in [-0.05, 0) is 18.8 Å². The van der Waals surface area contributed by atoms with Crippen molar-refractivity contribution in [2.75, 3.05) is 5.32 Å². The maximum Gasteiger partial charge on any atom is 0.332 e. The van der Waals surface area contributed by atoms with Crippen molar-refractivity contribution in [2.45, 2.75) is 44.8 Å². The molecule has 7 nitrogen and oxygen atoms in total. The first-order chi connectivity index (χ1) is 8.97. The van der Waals surface area contributed by atoms with Gasteiger partial charge in [-0.2, -0.15) is 5.10 Å². The Bertz CT molecular complexity index is 483. The summed E-state index contributed by atoms with van der Waals surface area (Å²) in [6.45, 7) is 4.02. The Labute approximate surface area is 110 Å². The van der Waals surface area contributed by atoms with Crippen LogP contribution in [-0.4, -0.2) is 39.4 Å². The summed E-state index contributed by atoms with van der Waals surface area (Å²) >= 11 is 0. The van der Waals surface area contributed by atoms with Gasteiger partial charge in [-0.15, -0.1) is 0 Å². The molecule has 1 saturated heterocycles. The second-order valence-corrected chi connectivity index (χ2v) is 4.88. The number of aliphatic carboxylic acids is 1. The summed E-state index contributed by atoms with van der Waals surface area (Å²) in [4.78, 5) is 22.6. The average molecular weight is 267 g/mol. The summed E-state index contributed by atoms with van der Waals surface area (Å²) in [6, 6.07) is 1.76. The van der Waals surface area contributed by atoms with Gasteiger partial charge in [0.1, 0.15) is 6.10 Å². The lowest BCUT2D eigenvalue weighted by atomic mass is 10.1. The van der Waals surface area contributed by atoms with Crippen LogP contribution in [0, 0.1) is 0 Å². The van der Waals surface area contributed by atoms with Crippen LogP contribution >= 0.6 is 0 Å². The van der Waals surface area contributed by atoms with Crippen LogP contribution in [-0.2, 0) is 14.3 Å². The lowest BCUT2D eigenvalue weighted by molar-refractivity contribution is -0.150. The number of carboxylic acids is 1. The van der Waals surface area contributed by atoms with Gasteiger partial charge < -0.3 is 15.2 Å². The van der Waals surface area contributed by atoms with Gasteiger partial charge in [-0.1, -0.05) is 13.8 Å². The molecule has 1 aliphatic rings. The standard InChI is InChI=1S/C12H17N3O4/c1-6(2)7-5-10(15-14-7)13-11(16)8-3-4-9(19-8)12(17)18/h5-6,8-9H,3-4H2,1-2H3,(H,17,18)(H2,13,14,15,16)/t8-,9+/m0/s1. The van der Waals surface area contributed by atoms with E-state index in [0.717, 1.165) is 5.69 Å². The third-order valence-electron chi connectivity index (χ3n) is 3.06. The topological polar surface area (TPSA) is 104 Å². The first-order valence-corrected chi connectivity index (χ1v) is 6.22. The van der Waals surface area contributed by atoms with E-state index in [-0.39, 0.29) is 11.8 Å². The first kappa shape index (κ1) is 13.5. The molecule has 1 aliphatic heterocycles. The number of anilines is 1. The van der Waals surface area contributed by atoms with E-state index in [9.17, 15) is 9.59 Å². The van der Waals surface area contributed by atoms with Crippen molar-refractivity contribution in [1.29, 1.82) is 0 Å². The van der Waals surface area contributed by atoms with E-state index in [4.69, 9.17) is 9.84 Å². The smallest absolute Gasteiger partial charge is 0.332 e. The Hall–Kier alpha value is -1.89. The van der Waals surface area contributed by atoms with Gasteiger partial charge in [0, 0.05) is 11.8 Å². The van der Waals surface area contributed by atoms with Gasteiger partial charge in [0.15, 0.2) is 11.9 Å². The molecule has 1 aromatic rings. The van der Waals surface area contributed by atoms with Crippen LogP contribution in [0.1, 0.15) is 38.3 Å². The predicted molar refractivity (Wildman–Crippen MR) is 66.8 cm³/mol. The lowest BCUT2D eigenvalue weighted by Gasteiger charge is -2.10. The fourth-order valence-corrected chi connectivity index (χ4v) is 1.91. The fourth-order valence-electron chi connectivity index (χ4n) is 1.91. The van der Waals surface area contributed by atoms with Crippen LogP contribution in [0.25, 0.3) is 0 Å². The Morgan fingerprint density at radius 2 is 2.16 bits per heavy atom. The molecular formula is C12H17N3O4. The summed E-state index contributed by atoms with van der Waals surface area (Å²) in [5.41, 5.74) is 0.922. The number of aromatic nitrogens is 2. The van der Waals surface area contributed by atoms with Crippen molar-refractivity contribution in [3.8, 4) is 0 Å². The number of hydrogen-bond donors (Lipinski definition) is 3. The molecule has 0 aliphatic carbocycles. The third-order valence-corrected chi connectivity index (χ3v) is 3.06. The van der Waals surface area contributed by atoms with Crippen molar-refractivity contribution in [1.82, 2.24) is 10.2 Å². The molecule has 7 heteroatoms. The highest BCUT2D eigenvalue weighted by molar-refractivity contribution is 5.94. The Morgan fingerprint density at radius 1 is 1.47 bits per heavy atom. The molecule has 2 atom stereocenters. The van der Waals surface area contributed by atoms with Crippen LogP contribution in [0.3, 0.4) is 0 Å². The molecule has 0 aromatic carbocycles. The molecular weight excluding hydrogens is 250 g/mol. The molecule has 2 rings (SSSR count). The quantitative estimate of drug-likeness (QED) is 0.757. The zero-order chi connectivity index (χ0) is 14.0. The molecule has 0 saturated carbocycles. The van der Waals surface area contributed by atoms with Crippen molar-refractivity contribution in [2.24, 2.45) is 0 Å². The minimum atomic E-state index is -1.03. The van der Waals surface area contributed by atoms with E-state index in [1.54, 1.807) is 6.07 Å². The van der Waals surface area contributed by atoms with E-state index < -0.39 is 18.2 Å². The second kappa shape index (κ2) is 5.40. The Morgan fingerprint density at radius 3 is 2.68 bits per heavy atom. The molecule has 1 aromatic heterocycles. The minimum Gasteiger partial charge on any atom is -0.479 e. The largest absolute Gasteiger partial charge is 0.479 e. The highest BCUT2D eigenvalue weighted by Crippen LogP contribution is 2.21. The molecule has 0 spiro atoms. The zero-order valence-corrected chi connectivity index (χ0v) is 10.8. The number of nitrogens with one attached hydrogen (secondary N) is 2. The maximum absolute atomic E-state index is 11.9. The van der Waals surface area contributed by atoms with E-state index in [1.165, 1.54) is 0 Å². The Balaban J connectivity index is 1.92. The predicted octanol–water partition coefficient (Wildman–Crippen LogP) is 1.10. The molecule has 3 N–H and O–H groups in total. The number of H-pyrrole nitrogens is 1. The molecule has 1 amide bonds. The normalized spacial score (nSPS) is 22.7. The number of ether oxygens (including phenoxy) is 1. The second-order valence-electron chi connectivity index (χ2n) is 4.88. The maximum atomic E-state index is 11.9. The molecule has 19 heavy (non-hydrogen) atoms. The molecule has 0 bridgehead atoms. The summed E-state index contributed by atoms with van der Waals surface area (Å²) in [7, 11) is 0. The van der Waals surface area contributed by atoms with Gasteiger partial charge in [0.05, 0.1) is 0 Å². The number of carbonyl (C=O) groups excluding carboxylic acids is 1. The number of hydrogen-bond acceptors (Lipinski definition) is 4. The van der Waals surface area contributed by atoms with Crippen LogP contribution in [0.2, 0.25) is 0 Å². The number of nitrogens with zero attached hydrogens (tertiary/aromatic N) is 1. The van der Waals surface area contributed by atoms with Crippen molar-refractivity contribution >= 4 is 17.7 Å². The minimum absolute atomic E-state index is 0.289. The summed E-state index contributed by atoms with van der Waals surface area (Å²) in [5, 5.41) is 18.2. The van der Waals surface area contributed by atoms with E-state index in [0.29, 0.717) is 18.7 Å². The van der Waals surface area contributed by atoms with Gasteiger partial charge in [-0.25, -0.2) is 4.79 Å². The van der Waals surface area contributed by atoms with E-state index in [1.807, 2.05) is 13.8 Å². The van der Waals surface area contributed by atoms with Gasteiger partial charge in [-0.3, -0.25) is 9.89 Å². The number of carbonyl (C=O) groups is 2. The summed E-state index contributed by atoms with van der Waals surface area (Å²) in [6.07, 6.45) is -0.850. The summed E-state index contributed by atoms with van der Waals surface area (Å²) in [5.74, 6) is -0.670. The van der Waals surface area contributed by atoms with Crippen molar-refractivity contribution in [3.05, 3.63) is 11.8 Å². The molecule has 2 heterocycles. The van der Waals surface area contributed by atoms with Crippen molar-refractivity contribution < 1.29 is 19.4 Å². The number of carboxylic acid groups (broad SMARTS) is 1. The van der Waals surface area contributed by atoms with Crippen LogP contribution in [0.15, 0.2) is 6.07 Å². The number of rotatable bonds is 4. The van der Waals surface area contributed by atoms with Gasteiger partial charge >= 0.3 is 5.97 Å². The Kier molecular flexibility index (Phi) is 3.84. The highest BCUT2D eigenvalue weighted by Gasteiger charge is 2.34. The van der Waals surface area contributed by atoms with E-state index >= 15 is 0 Å². The molecule has 0 radical (unpaired) electrons. The third kappa shape index (κ3) is 3.11. The van der Waals surface area contributed by atoms with Crippen LogP contribution in [0.5, 0.6) is 0 Å². The highest BCUT2D eigenvalue weighted by atomic mass is 16.5. The van der Waals surface area contributed by atoms with Crippen LogP contribution in [0.4, 0.5) is 5.82 Å². The lowest BCUT2D eigenvalue weighted by Crippen LogP contribution is -2.30. The molecule has 1 fully saturated rings. The molecule has 0 unspecified atom stereocenters. The fraction of sp³-hybridized carbons (Fsp3) is 0.583. The first-order valence-electron chi connectivity index (χ1n) is 6.22. The average Bonchev–Trinajstić information content (AvgIpc) is 2.96. The van der Waals surface area contributed by atoms with Gasteiger partial charge in [0.2, 0.25) is 0 Å². The monoisotopic (exact) mass is 267 g/mol. The van der Waals surface area contributed by atoms with E-state index in [2.05, 4.69) is 15.5 Å². The molecule has 104 valence electrons. The van der Waals surface area contributed by atoms with Crippen LogP contribution < -0.4 is 5.32 Å². The SMILES string of the molecule is CC(C)c1cc(NC(=O)[C@@H]2CC[C@H](C(=O)O)O2)n[nH]1. The summed E-state index contributed by atoms with van der Waals surface area (Å²) < 4.78 is 5.16. The zero-order valence-electron chi connectivity index (χ0n) is 10.8. The van der Waals surface area contributed by atoms with Crippen molar-refractivity contribution in [3.63, 3.8) is 0 Å². The number of amides is 1. The van der Waals surface area contributed by atoms with Gasteiger partial charge in [0.25, 0.3) is 5.91 Å². The number of aromatic amines is 1.